The molecule has 4 heteroatoms. The summed E-state index contributed by atoms with van der Waals surface area (Å²) in [4.78, 5) is 0. The summed E-state index contributed by atoms with van der Waals surface area (Å²) in [5.41, 5.74) is 1.72. The van der Waals surface area contributed by atoms with Gasteiger partial charge in [0.25, 0.3) is 0 Å². The number of hydrogen-bond donors (Lipinski definition) is 1. The van der Waals surface area contributed by atoms with Gasteiger partial charge in [0.05, 0.1) is 16.3 Å². The third-order valence-electron chi connectivity index (χ3n) is 2.84. The van der Waals surface area contributed by atoms with E-state index in [4.69, 9.17) is 27.9 Å². The van der Waals surface area contributed by atoms with Gasteiger partial charge in [-0.05, 0) is 44.9 Å². The van der Waals surface area contributed by atoms with Gasteiger partial charge in [0.15, 0.2) is 0 Å². The number of methoxy groups -OCH3 is 1. The summed E-state index contributed by atoms with van der Waals surface area (Å²) in [5.74, 6) is 0. The molecule has 1 aromatic carbocycles. The van der Waals surface area contributed by atoms with Crippen LogP contribution in [0.1, 0.15) is 25.8 Å². The van der Waals surface area contributed by atoms with Gasteiger partial charge in [0, 0.05) is 18.7 Å². The van der Waals surface area contributed by atoms with Crippen LogP contribution in [0.25, 0.3) is 0 Å². The predicted octanol–water partition coefficient (Wildman–Crippen LogP) is 4.53. The third-order valence-corrected chi connectivity index (χ3v) is 3.56. The fourth-order valence-electron chi connectivity index (χ4n) is 1.38. The summed E-state index contributed by atoms with van der Waals surface area (Å²) >= 11 is 12.2. The molecular weight excluding hydrogens is 257 g/mol. The topological polar surface area (TPSA) is 21.3 Å². The first-order valence-electron chi connectivity index (χ1n) is 5.60. The Morgan fingerprint density at radius 1 is 1.24 bits per heavy atom. The van der Waals surface area contributed by atoms with Gasteiger partial charge in [0.1, 0.15) is 0 Å². The van der Waals surface area contributed by atoms with E-state index in [1.54, 1.807) is 7.11 Å². The normalized spacial score (nSPS) is 11.6. The lowest BCUT2D eigenvalue weighted by Gasteiger charge is -2.23. The molecule has 1 N–H and O–H groups in total. The van der Waals surface area contributed by atoms with E-state index in [0.717, 1.165) is 29.2 Å². The van der Waals surface area contributed by atoms with Gasteiger partial charge in [-0.15, -0.1) is 0 Å². The van der Waals surface area contributed by atoms with E-state index < -0.39 is 0 Å². The predicted molar refractivity (Wildman–Crippen MR) is 75.4 cm³/mol. The molecule has 0 saturated heterocycles. The van der Waals surface area contributed by atoms with Crippen LogP contribution in [0.3, 0.4) is 0 Å². The Morgan fingerprint density at radius 3 is 2.47 bits per heavy atom. The summed E-state index contributed by atoms with van der Waals surface area (Å²) < 4.78 is 5.35. The molecule has 96 valence electrons. The van der Waals surface area contributed by atoms with Gasteiger partial charge >= 0.3 is 0 Å². The van der Waals surface area contributed by atoms with E-state index in [1.165, 1.54) is 0 Å². The third kappa shape index (κ3) is 4.38. The summed E-state index contributed by atoms with van der Waals surface area (Å²) in [6, 6.07) is 3.73. The quantitative estimate of drug-likeness (QED) is 0.853. The van der Waals surface area contributed by atoms with E-state index in [2.05, 4.69) is 19.2 Å². The zero-order chi connectivity index (χ0) is 13.1. The molecule has 0 unspecified atom stereocenters. The summed E-state index contributed by atoms with van der Waals surface area (Å²) in [6.45, 7) is 6.84. The van der Waals surface area contributed by atoms with Crippen LogP contribution >= 0.6 is 23.2 Å². The minimum absolute atomic E-state index is 0.131. The maximum Gasteiger partial charge on any atom is 0.0641 e. The molecule has 1 rings (SSSR count). The number of benzene rings is 1. The average molecular weight is 276 g/mol. The first-order chi connectivity index (χ1) is 7.85. The number of nitrogens with one attached hydrogen (secondary N) is 1. The van der Waals surface area contributed by atoms with Gasteiger partial charge in [-0.1, -0.05) is 23.2 Å². The average Bonchev–Trinajstić information content (AvgIpc) is 2.25. The van der Waals surface area contributed by atoms with E-state index in [1.807, 2.05) is 19.1 Å². The van der Waals surface area contributed by atoms with Crippen molar-refractivity contribution in [2.45, 2.75) is 32.8 Å². The molecule has 0 aromatic heterocycles. The molecule has 2 nitrogen and oxygen atoms in total. The van der Waals surface area contributed by atoms with E-state index in [0.29, 0.717) is 5.02 Å². The fourth-order valence-corrected chi connectivity index (χ4v) is 1.83. The second-order valence-electron chi connectivity index (χ2n) is 4.72. The molecule has 0 aliphatic heterocycles. The van der Waals surface area contributed by atoms with Crippen molar-refractivity contribution in [3.05, 3.63) is 27.7 Å². The summed E-state index contributed by atoms with van der Waals surface area (Å²) in [5, 5.41) is 4.70. The molecule has 0 aliphatic carbocycles. The van der Waals surface area contributed by atoms with Crippen LogP contribution in [0, 0.1) is 6.92 Å². The largest absolute Gasteiger partial charge is 0.384 e. The molecule has 0 atom stereocenters. The van der Waals surface area contributed by atoms with Gasteiger partial charge in [-0.3, -0.25) is 0 Å². The number of rotatable bonds is 5. The molecule has 0 saturated carbocycles. The molecule has 1 aromatic rings. The van der Waals surface area contributed by atoms with Crippen LogP contribution in [0.2, 0.25) is 10.0 Å². The molecule has 0 aliphatic rings. The first kappa shape index (κ1) is 14.6. The molecule has 0 bridgehead atoms. The lowest BCUT2D eigenvalue weighted by Crippen LogP contribution is -2.25. The van der Waals surface area contributed by atoms with Crippen LogP contribution in [0.4, 0.5) is 5.69 Å². The Hall–Kier alpha value is -0.440. The minimum atomic E-state index is -0.131. The second-order valence-corrected chi connectivity index (χ2v) is 5.54. The molecule has 0 fully saturated rings. The zero-order valence-corrected chi connectivity index (χ0v) is 12.2. The Bertz CT molecular complexity index is 391. The van der Waals surface area contributed by atoms with Crippen molar-refractivity contribution in [1.29, 1.82) is 0 Å². The highest BCUT2D eigenvalue weighted by atomic mass is 35.5. The lowest BCUT2D eigenvalue weighted by molar-refractivity contribution is 0.0185. The van der Waals surface area contributed by atoms with E-state index in [-0.39, 0.29) is 5.60 Å². The van der Waals surface area contributed by atoms with E-state index in [9.17, 15) is 0 Å². The Balaban J connectivity index is 2.61. The van der Waals surface area contributed by atoms with Crippen LogP contribution in [-0.4, -0.2) is 19.3 Å². The van der Waals surface area contributed by atoms with Crippen LogP contribution < -0.4 is 5.32 Å². The van der Waals surface area contributed by atoms with E-state index >= 15 is 0 Å². The molecular formula is C13H19Cl2NO. The van der Waals surface area contributed by atoms with Crippen molar-refractivity contribution in [1.82, 2.24) is 0 Å². The maximum absolute atomic E-state index is 6.13. The maximum atomic E-state index is 6.13. The minimum Gasteiger partial charge on any atom is -0.384 e. The molecule has 0 heterocycles. The van der Waals surface area contributed by atoms with Crippen molar-refractivity contribution >= 4 is 28.9 Å². The molecule has 0 spiro atoms. The molecule has 0 radical (unpaired) electrons. The van der Waals surface area contributed by atoms with Crippen LogP contribution in [0.5, 0.6) is 0 Å². The first-order valence-corrected chi connectivity index (χ1v) is 6.36. The highest BCUT2D eigenvalue weighted by Gasteiger charge is 2.15. The Labute approximate surface area is 113 Å². The lowest BCUT2D eigenvalue weighted by atomic mass is 10.1. The summed E-state index contributed by atoms with van der Waals surface area (Å²) in [6.07, 6.45) is 0.894. The number of aryl methyl sites for hydroxylation is 1. The van der Waals surface area contributed by atoms with Gasteiger partial charge in [0.2, 0.25) is 0 Å². The number of hydrogen-bond acceptors (Lipinski definition) is 2. The van der Waals surface area contributed by atoms with Gasteiger partial charge < -0.3 is 10.1 Å². The van der Waals surface area contributed by atoms with Crippen LogP contribution in [-0.2, 0) is 4.74 Å². The van der Waals surface area contributed by atoms with Crippen molar-refractivity contribution in [2.24, 2.45) is 0 Å². The highest BCUT2D eigenvalue weighted by molar-refractivity contribution is 6.35. The smallest absolute Gasteiger partial charge is 0.0641 e. The number of anilines is 1. The Kier molecular flexibility index (Phi) is 5.11. The Morgan fingerprint density at radius 2 is 1.88 bits per heavy atom. The number of ether oxygens (including phenoxy) is 1. The number of halogens is 2. The fraction of sp³-hybridized carbons (Fsp3) is 0.538. The van der Waals surface area contributed by atoms with Crippen molar-refractivity contribution < 1.29 is 4.74 Å². The van der Waals surface area contributed by atoms with Crippen molar-refractivity contribution in [3.8, 4) is 0 Å². The SMILES string of the molecule is COC(C)(C)CCNc1cc(Cl)c(C)cc1Cl. The summed E-state index contributed by atoms with van der Waals surface area (Å²) in [7, 11) is 1.72. The van der Waals surface area contributed by atoms with Crippen molar-refractivity contribution in [2.75, 3.05) is 19.0 Å². The van der Waals surface area contributed by atoms with Gasteiger partial charge in [-0.25, -0.2) is 0 Å². The monoisotopic (exact) mass is 275 g/mol. The van der Waals surface area contributed by atoms with Gasteiger partial charge in [-0.2, -0.15) is 0 Å². The van der Waals surface area contributed by atoms with Crippen LogP contribution in [0.15, 0.2) is 12.1 Å². The zero-order valence-electron chi connectivity index (χ0n) is 10.7. The molecule has 0 amide bonds. The molecule has 17 heavy (non-hydrogen) atoms. The standard InChI is InChI=1S/C13H19Cl2NO/c1-9-7-11(15)12(8-10(9)14)16-6-5-13(2,3)17-4/h7-8,16H,5-6H2,1-4H3. The highest BCUT2D eigenvalue weighted by Crippen LogP contribution is 2.29. The van der Waals surface area contributed by atoms with Crippen molar-refractivity contribution in [3.63, 3.8) is 0 Å². The second kappa shape index (κ2) is 5.94.